The Morgan fingerprint density at radius 1 is 1.26 bits per heavy atom. The van der Waals surface area contributed by atoms with Gasteiger partial charge in [0.1, 0.15) is 6.61 Å². The molecule has 3 rings (SSSR count). The molecule has 1 atom stereocenters. The number of pyridine rings is 1. The SMILES string of the molecule is CC1=C(C(=O)OC(C)C)[C@H](c2ccncc2)C(C2=NC(C)(C)CO2)=C(C)N1. The van der Waals surface area contributed by atoms with Gasteiger partial charge in [-0.1, -0.05) is 0 Å². The molecule has 0 bridgehead atoms. The smallest absolute Gasteiger partial charge is 0.337 e. The first kappa shape index (κ1) is 19.1. The second-order valence-electron chi connectivity index (χ2n) is 7.89. The van der Waals surface area contributed by atoms with Crippen molar-refractivity contribution in [3.63, 3.8) is 0 Å². The number of aliphatic imine (C=N–C) groups is 1. The highest BCUT2D eigenvalue weighted by atomic mass is 16.5. The van der Waals surface area contributed by atoms with E-state index >= 15 is 0 Å². The van der Waals surface area contributed by atoms with Gasteiger partial charge in [-0.2, -0.15) is 0 Å². The molecule has 3 heterocycles. The number of hydrogen-bond acceptors (Lipinski definition) is 6. The minimum atomic E-state index is -0.334. The molecule has 0 aromatic carbocycles. The van der Waals surface area contributed by atoms with Crippen LogP contribution in [-0.2, 0) is 14.3 Å². The van der Waals surface area contributed by atoms with Crippen LogP contribution >= 0.6 is 0 Å². The number of hydrogen-bond donors (Lipinski definition) is 1. The Labute approximate surface area is 160 Å². The Bertz CT molecular complexity index is 835. The highest BCUT2D eigenvalue weighted by Gasteiger charge is 2.40. The number of carbonyl (C=O) groups is 1. The molecule has 6 nitrogen and oxygen atoms in total. The van der Waals surface area contributed by atoms with Crippen LogP contribution < -0.4 is 5.32 Å². The second kappa shape index (κ2) is 7.18. The molecule has 0 amide bonds. The van der Waals surface area contributed by atoms with Gasteiger partial charge < -0.3 is 14.8 Å². The maximum absolute atomic E-state index is 13.0. The molecule has 0 unspecified atom stereocenters. The summed E-state index contributed by atoms with van der Waals surface area (Å²) in [5.41, 5.74) is 3.81. The molecular formula is C21H27N3O3. The van der Waals surface area contributed by atoms with Gasteiger partial charge in [-0.15, -0.1) is 0 Å². The van der Waals surface area contributed by atoms with E-state index < -0.39 is 0 Å². The number of aromatic nitrogens is 1. The van der Waals surface area contributed by atoms with Gasteiger partial charge in [0.2, 0.25) is 5.90 Å². The second-order valence-corrected chi connectivity index (χ2v) is 7.89. The van der Waals surface area contributed by atoms with Crippen LogP contribution in [0.1, 0.15) is 53.0 Å². The van der Waals surface area contributed by atoms with Crippen molar-refractivity contribution in [3.8, 4) is 0 Å². The number of allylic oxidation sites excluding steroid dienone is 2. The normalized spacial score (nSPS) is 21.7. The van der Waals surface area contributed by atoms with Gasteiger partial charge >= 0.3 is 5.97 Å². The van der Waals surface area contributed by atoms with Crippen LogP contribution in [0, 0.1) is 0 Å². The minimum absolute atomic E-state index is 0.203. The first-order chi connectivity index (χ1) is 12.7. The summed E-state index contributed by atoms with van der Waals surface area (Å²) >= 11 is 0. The highest BCUT2D eigenvalue weighted by molar-refractivity contribution is 6.02. The lowest BCUT2D eigenvalue weighted by Crippen LogP contribution is -2.32. The standard InChI is InChI=1S/C21H27N3O3/c1-12(2)27-20(25)17-14(4)23-13(3)16(19-24-21(5,6)11-26-19)18(17)15-7-9-22-10-8-15/h7-10,12,18,23H,11H2,1-6H3/t18-/m1/s1. The fourth-order valence-electron chi connectivity index (χ4n) is 3.44. The fourth-order valence-corrected chi connectivity index (χ4v) is 3.44. The predicted octanol–water partition coefficient (Wildman–Crippen LogP) is 3.48. The van der Waals surface area contributed by atoms with E-state index in [0.29, 0.717) is 18.1 Å². The number of dihydropyridines is 1. The topological polar surface area (TPSA) is 72.8 Å². The third kappa shape index (κ3) is 3.89. The maximum Gasteiger partial charge on any atom is 0.337 e. The van der Waals surface area contributed by atoms with Crippen LogP contribution in [0.2, 0.25) is 0 Å². The molecule has 0 radical (unpaired) electrons. The van der Waals surface area contributed by atoms with E-state index in [-0.39, 0.29) is 23.5 Å². The Hall–Kier alpha value is -2.63. The van der Waals surface area contributed by atoms with Crippen LogP contribution in [0.15, 0.2) is 52.1 Å². The molecule has 1 aromatic rings. The molecular weight excluding hydrogens is 342 g/mol. The van der Waals surface area contributed by atoms with Crippen LogP contribution in [0.25, 0.3) is 0 Å². The highest BCUT2D eigenvalue weighted by Crippen LogP contribution is 2.41. The molecule has 2 aliphatic heterocycles. The fraction of sp³-hybridized carbons (Fsp3) is 0.476. The van der Waals surface area contributed by atoms with Crippen molar-refractivity contribution in [3.05, 3.63) is 52.6 Å². The quantitative estimate of drug-likeness (QED) is 0.823. The third-order valence-corrected chi connectivity index (χ3v) is 4.56. The first-order valence-corrected chi connectivity index (χ1v) is 9.22. The molecule has 0 saturated carbocycles. The summed E-state index contributed by atoms with van der Waals surface area (Å²) in [7, 11) is 0. The molecule has 6 heteroatoms. The number of nitrogens with one attached hydrogen (secondary N) is 1. The van der Waals surface area contributed by atoms with Crippen LogP contribution in [0.4, 0.5) is 0 Å². The monoisotopic (exact) mass is 369 g/mol. The molecule has 0 aliphatic carbocycles. The molecule has 144 valence electrons. The molecule has 2 aliphatic rings. The minimum Gasteiger partial charge on any atom is -0.475 e. The Morgan fingerprint density at radius 2 is 1.93 bits per heavy atom. The summed E-state index contributed by atoms with van der Waals surface area (Å²) in [6.45, 7) is 12.1. The van der Waals surface area contributed by atoms with E-state index in [0.717, 1.165) is 22.5 Å². The Balaban J connectivity index is 2.14. The van der Waals surface area contributed by atoms with E-state index in [4.69, 9.17) is 14.5 Å². The lowest BCUT2D eigenvalue weighted by atomic mass is 9.80. The van der Waals surface area contributed by atoms with E-state index in [9.17, 15) is 4.79 Å². The molecule has 1 N–H and O–H groups in total. The lowest BCUT2D eigenvalue weighted by molar-refractivity contribution is -0.143. The van der Waals surface area contributed by atoms with Crippen molar-refractivity contribution in [1.82, 2.24) is 10.3 Å². The summed E-state index contributed by atoms with van der Waals surface area (Å²) in [6, 6.07) is 3.83. The average molecular weight is 369 g/mol. The third-order valence-electron chi connectivity index (χ3n) is 4.56. The summed E-state index contributed by atoms with van der Waals surface area (Å²) < 4.78 is 11.5. The van der Waals surface area contributed by atoms with Gasteiger partial charge in [0, 0.05) is 29.4 Å². The number of carbonyl (C=O) groups excluding carboxylic acids is 1. The number of rotatable bonds is 4. The van der Waals surface area contributed by atoms with Crippen molar-refractivity contribution in [2.45, 2.75) is 59.1 Å². The number of ether oxygens (including phenoxy) is 2. The van der Waals surface area contributed by atoms with Gasteiger partial charge in [-0.05, 0) is 59.2 Å². The zero-order chi connectivity index (χ0) is 19.8. The van der Waals surface area contributed by atoms with Crippen molar-refractivity contribution < 1.29 is 14.3 Å². The van der Waals surface area contributed by atoms with Gasteiger partial charge in [0.05, 0.1) is 23.1 Å². The van der Waals surface area contributed by atoms with Crippen molar-refractivity contribution >= 4 is 11.9 Å². The van der Waals surface area contributed by atoms with Crippen LogP contribution in [0.3, 0.4) is 0 Å². The van der Waals surface area contributed by atoms with E-state index in [1.807, 2.05) is 53.7 Å². The van der Waals surface area contributed by atoms with Crippen molar-refractivity contribution in [1.29, 1.82) is 0 Å². The molecule has 27 heavy (non-hydrogen) atoms. The molecule has 0 fully saturated rings. The van der Waals surface area contributed by atoms with Gasteiger partial charge in [-0.25, -0.2) is 9.79 Å². The largest absolute Gasteiger partial charge is 0.475 e. The molecule has 0 saturated heterocycles. The number of nitrogens with zero attached hydrogens (tertiary/aromatic N) is 2. The maximum atomic E-state index is 13.0. The Kier molecular flexibility index (Phi) is 5.09. The van der Waals surface area contributed by atoms with E-state index in [2.05, 4.69) is 10.3 Å². The van der Waals surface area contributed by atoms with E-state index in [1.165, 1.54) is 0 Å². The van der Waals surface area contributed by atoms with Gasteiger partial charge in [0.25, 0.3) is 0 Å². The Morgan fingerprint density at radius 3 is 2.48 bits per heavy atom. The van der Waals surface area contributed by atoms with Crippen LogP contribution in [0.5, 0.6) is 0 Å². The zero-order valence-electron chi connectivity index (χ0n) is 16.8. The first-order valence-electron chi connectivity index (χ1n) is 9.22. The zero-order valence-corrected chi connectivity index (χ0v) is 16.8. The van der Waals surface area contributed by atoms with Gasteiger partial charge in [-0.3, -0.25) is 4.98 Å². The summed E-state index contributed by atoms with van der Waals surface area (Å²) in [4.78, 5) is 21.8. The van der Waals surface area contributed by atoms with Crippen molar-refractivity contribution in [2.24, 2.45) is 4.99 Å². The molecule has 1 aromatic heterocycles. The summed E-state index contributed by atoms with van der Waals surface area (Å²) in [5, 5.41) is 3.32. The summed E-state index contributed by atoms with van der Waals surface area (Å²) in [6.07, 6.45) is 3.25. The van der Waals surface area contributed by atoms with Crippen molar-refractivity contribution in [2.75, 3.05) is 6.61 Å². The predicted molar refractivity (Wildman–Crippen MR) is 104 cm³/mol. The number of esters is 1. The van der Waals surface area contributed by atoms with E-state index in [1.54, 1.807) is 12.4 Å². The van der Waals surface area contributed by atoms with Gasteiger partial charge in [0.15, 0.2) is 0 Å². The summed E-state index contributed by atoms with van der Waals surface area (Å²) in [5.74, 6) is -0.0815. The average Bonchev–Trinajstić information content (AvgIpc) is 2.93. The lowest BCUT2D eigenvalue weighted by Gasteiger charge is -2.31. The molecule has 0 spiro atoms. The van der Waals surface area contributed by atoms with Crippen LogP contribution in [-0.4, -0.2) is 35.1 Å².